The number of nitrogens with zero attached hydrogens (tertiary/aromatic N) is 4. The van der Waals surface area contributed by atoms with Crippen LogP contribution in [0.1, 0.15) is 51.9 Å². The maximum atomic E-state index is 12.9. The Morgan fingerprint density at radius 2 is 1.69 bits per heavy atom. The summed E-state index contributed by atoms with van der Waals surface area (Å²) in [4.78, 5) is 41.9. The molecular formula is C27H26N6O2. The van der Waals surface area contributed by atoms with Gasteiger partial charge >= 0.3 is 0 Å². The van der Waals surface area contributed by atoms with Gasteiger partial charge in [-0.05, 0) is 60.4 Å². The molecular weight excluding hydrogens is 440 g/mol. The van der Waals surface area contributed by atoms with Crippen molar-refractivity contribution >= 4 is 17.5 Å². The molecule has 0 aliphatic carbocycles. The molecule has 2 N–H and O–H groups in total. The predicted octanol–water partition coefficient (Wildman–Crippen LogP) is 4.64. The summed E-state index contributed by atoms with van der Waals surface area (Å²) in [6, 6.07) is 12.9. The summed E-state index contributed by atoms with van der Waals surface area (Å²) < 4.78 is 0. The first-order valence-electron chi connectivity index (χ1n) is 11.2. The second kappa shape index (κ2) is 10.2. The number of carbonyl (C=O) groups is 2. The molecule has 8 heteroatoms. The summed E-state index contributed by atoms with van der Waals surface area (Å²) in [7, 11) is 1.55. The Kier molecular flexibility index (Phi) is 6.91. The van der Waals surface area contributed by atoms with E-state index >= 15 is 0 Å². The van der Waals surface area contributed by atoms with Crippen molar-refractivity contribution in [1.29, 1.82) is 0 Å². The third-order valence-electron chi connectivity index (χ3n) is 5.60. The molecule has 176 valence electrons. The van der Waals surface area contributed by atoms with Crippen LogP contribution in [0.5, 0.6) is 0 Å². The average molecular weight is 467 g/mol. The minimum Gasteiger partial charge on any atom is -0.354 e. The maximum Gasteiger partial charge on any atom is 0.269 e. The smallest absolute Gasteiger partial charge is 0.269 e. The van der Waals surface area contributed by atoms with Gasteiger partial charge in [0.2, 0.25) is 0 Å². The second-order valence-electron chi connectivity index (χ2n) is 8.44. The molecule has 35 heavy (non-hydrogen) atoms. The fourth-order valence-corrected chi connectivity index (χ4v) is 3.61. The van der Waals surface area contributed by atoms with Crippen molar-refractivity contribution in [2.75, 3.05) is 12.4 Å². The summed E-state index contributed by atoms with van der Waals surface area (Å²) in [6.07, 6.45) is 6.47. The lowest BCUT2D eigenvalue weighted by Gasteiger charge is -2.12. The van der Waals surface area contributed by atoms with Crippen molar-refractivity contribution in [2.24, 2.45) is 0 Å². The van der Waals surface area contributed by atoms with Gasteiger partial charge in [0, 0.05) is 53.7 Å². The highest BCUT2D eigenvalue weighted by Crippen LogP contribution is 2.29. The van der Waals surface area contributed by atoms with Gasteiger partial charge in [-0.3, -0.25) is 19.6 Å². The SMILES string of the molecule is CNC(=O)c1cc(-c2cncc(-c3cc(NC(=O)c4ccnc(C(C)C)c4)ccc3C)c2)ncn1. The number of anilines is 1. The van der Waals surface area contributed by atoms with Crippen LogP contribution in [0.25, 0.3) is 22.4 Å². The van der Waals surface area contributed by atoms with Gasteiger partial charge in [-0.1, -0.05) is 19.9 Å². The zero-order chi connectivity index (χ0) is 24.9. The standard InChI is InChI=1S/C27H26N6O2/c1-16(2)23-10-18(7-8-30-23)26(34)33-21-6-5-17(3)22(11-21)19-9-20(14-29-13-19)24-12-25(27(35)28-4)32-15-31-24/h5-16H,1-4H3,(H,28,35)(H,33,34). The molecule has 1 aromatic carbocycles. The third kappa shape index (κ3) is 5.38. The molecule has 0 atom stereocenters. The van der Waals surface area contributed by atoms with Gasteiger partial charge in [-0.2, -0.15) is 0 Å². The third-order valence-corrected chi connectivity index (χ3v) is 5.60. The molecule has 0 bridgehead atoms. The van der Waals surface area contributed by atoms with E-state index < -0.39 is 0 Å². The number of aromatic nitrogens is 4. The van der Waals surface area contributed by atoms with Gasteiger partial charge < -0.3 is 10.6 Å². The summed E-state index contributed by atoms with van der Waals surface area (Å²) in [6.45, 7) is 6.08. The number of nitrogens with one attached hydrogen (secondary N) is 2. The molecule has 0 aliphatic heterocycles. The molecule has 0 saturated carbocycles. The topological polar surface area (TPSA) is 110 Å². The summed E-state index contributed by atoms with van der Waals surface area (Å²) in [5, 5.41) is 5.55. The van der Waals surface area contributed by atoms with Crippen molar-refractivity contribution in [1.82, 2.24) is 25.3 Å². The molecule has 4 aromatic rings. The molecule has 2 amide bonds. The lowest BCUT2D eigenvalue weighted by molar-refractivity contribution is 0.0957. The first kappa shape index (κ1) is 23.7. The van der Waals surface area contributed by atoms with E-state index in [2.05, 4.69) is 30.6 Å². The van der Waals surface area contributed by atoms with Gasteiger partial charge in [0.05, 0.1) is 5.69 Å². The Balaban J connectivity index is 1.63. The minimum atomic E-state index is -0.285. The summed E-state index contributed by atoms with van der Waals surface area (Å²) in [5.41, 5.74) is 6.54. The van der Waals surface area contributed by atoms with Crippen LogP contribution in [0.15, 0.2) is 67.4 Å². The highest BCUT2D eigenvalue weighted by molar-refractivity contribution is 6.04. The van der Waals surface area contributed by atoms with Crippen molar-refractivity contribution < 1.29 is 9.59 Å². The largest absolute Gasteiger partial charge is 0.354 e. The molecule has 0 spiro atoms. The molecule has 8 nitrogen and oxygen atoms in total. The van der Waals surface area contributed by atoms with E-state index in [1.807, 2.05) is 51.1 Å². The van der Waals surface area contributed by atoms with Crippen molar-refractivity contribution in [3.8, 4) is 22.4 Å². The molecule has 4 rings (SSSR count). The zero-order valence-corrected chi connectivity index (χ0v) is 20.0. The van der Waals surface area contributed by atoms with Crippen LogP contribution in [0, 0.1) is 6.92 Å². The summed E-state index contributed by atoms with van der Waals surface area (Å²) in [5.74, 6) is -0.249. The number of amides is 2. The van der Waals surface area contributed by atoms with Crippen LogP contribution in [-0.4, -0.2) is 38.8 Å². The molecule has 0 saturated heterocycles. The Bertz CT molecular complexity index is 1400. The monoisotopic (exact) mass is 466 g/mol. The van der Waals surface area contributed by atoms with Gasteiger partial charge in [-0.25, -0.2) is 9.97 Å². The predicted molar refractivity (Wildman–Crippen MR) is 135 cm³/mol. The number of hydrogen-bond acceptors (Lipinski definition) is 6. The Labute approximate surface area is 203 Å². The van der Waals surface area contributed by atoms with E-state index in [0.29, 0.717) is 16.9 Å². The molecule has 0 radical (unpaired) electrons. The molecule has 0 fully saturated rings. The van der Waals surface area contributed by atoms with Crippen LogP contribution in [0.4, 0.5) is 5.69 Å². The number of hydrogen-bond donors (Lipinski definition) is 2. The number of benzene rings is 1. The van der Waals surface area contributed by atoms with Gasteiger partial charge in [0.25, 0.3) is 11.8 Å². The van der Waals surface area contributed by atoms with E-state index in [9.17, 15) is 9.59 Å². The maximum absolute atomic E-state index is 12.9. The molecule has 0 unspecified atom stereocenters. The second-order valence-corrected chi connectivity index (χ2v) is 8.44. The first-order valence-corrected chi connectivity index (χ1v) is 11.2. The van der Waals surface area contributed by atoms with Crippen molar-refractivity contribution in [3.63, 3.8) is 0 Å². The lowest BCUT2D eigenvalue weighted by Crippen LogP contribution is -2.19. The van der Waals surface area contributed by atoms with E-state index in [-0.39, 0.29) is 23.4 Å². The Hall–Kier alpha value is -4.46. The Morgan fingerprint density at radius 1 is 0.886 bits per heavy atom. The van der Waals surface area contributed by atoms with Gasteiger partial charge in [0.1, 0.15) is 12.0 Å². The van der Waals surface area contributed by atoms with Crippen LogP contribution in [0.3, 0.4) is 0 Å². The highest BCUT2D eigenvalue weighted by atomic mass is 16.2. The number of rotatable bonds is 6. The zero-order valence-electron chi connectivity index (χ0n) is 20.0. The van der Waals surface area contributed by atoms with Gasteiger partial charge in [-0.15, -0.1) is 0 Å². The van der Waals surface area contributed by atoms with Crippen LogP contribution in [-0.2, 0) is 0 Å². The summed E-state index contributed by atoms with van der Waals surface area (Å²) >= 11 is 0. The van der Waals surface area contributed by atoms with Gasteiger partial charge in [0.15, 0.2) is 0 Å². The fourth-order valence-electron chi connectivity index (χ4n) is 3.61. The Morgan fingerprint density at radius 3 is 2.46 bits per heavy atom. The fraction of sp³-hybridized carbons (Fsp3) is 0.185. The number of carbonyl (C=O) groups excluding carboxylic acids is 2. The lowest BCUT2D eigenvalue weighted by atomic mass is 9.99. The van der Waals surface area contributed by atoms with E-state index in [1.54, 1.807) is 37.8 Å². The number of pyridine rings is 2. The molecule has 3 heterocycles. The van der Waals surface area contributed by atoms with Crippen molar-refractivity contribution in [2.45, 2.75) is 26.7 Å². The average Bonchev–Trinajstić information content (AvgIpc) is 2.89. The molecule has 0 aliphatic rings. The van der Waals surface area contributed by atoms with Crippen LogP contribution < -0.4 is 10.6 Å². The highest BCUT2D eigenvalue weighted by Gasteiger charge is 2.13. The minimum absolute atomic E-state index is 0.196. The quantitative estimate of drug-likeness (QED) is 0.428. The van der Waals surface area contributed by atoms with Crippen molar-refractivity contribution in [3.05, 3.63) is 89.9 Å². The number of aryl methyl sites for hydroxylation is 1. The van der Waals surface area contributed by atoms with E-state index in [4.69, 9.17) is 0 Å². The molecule has 3 aromatic heterocycles. The van der Waals surface area contributed by atoms with Crippen LogP contribution >= 0.6 is 0 Å². The normalized spacial score (nSPS) is 10.8. The van der Waals surface area contributed by atoms with E-state index in [0.717, 1.165) is 27.9 Å². The van der Waals surface area contributed by atoms with E-state index in [1.165, 1.54) is 6.33 Å². The first-order chi connectivity index (χ1) is 16.9. The van der Waals surface area contributed by atoms with Crippen LogP contribution in [0.2, 0.25) is 0 Å².